The van der Waals surface area contributed by atoms with Crippen molar-refractivity contribution >= 4 is 11.8 Å². The fourth-order valence-electron chi connectivity index (χ4n) is 1.91. The van der Waals surface area contributed by atoms with Crippen molar-refractivity contribution in [2.24, 2.45) is 17.6 Å². The summed E-state index contributed by atoms with van der Waals surface area (Å²) in [7, 11) is 1.68. The summed E-state index contributed by atoms with van der Waals surface area (Å²) in [5, 5.41) is 2.82. The van der Waals surface area contributed by atoms with Gasteiger partial charge in [-0.25, -0.2) is 0 Å². The molecule has 0 bridgehead atoms. The van der Waals surface area contributed by atoms with Crippen molar-refractivity contribution < 1.29 is 9.59 Å². The van der Waals surface area contributed by atoms with Crippen LogP contribution in [-0.2, 0) is 9.59 Å². The van der Waals surface area contributed by atoms with Gasteiger partial charge in [-0.05, 0) is 25.7 Å². The Morgan fingerprint density at radius 3 is 2.25 bits per heavy atom. The van der Waals surface area contributed by atoms with Crippen molar-refractivity contribution in [1.82, 2.24) is 10.2 Å². The molecule has 0 aliphatic heterocycles. The second-order valence-electron chi connectivity index (χ2n) is 6.20. The highest BCUT2D eigenvalue weighted by Crippen LogP contribution is 2.11. The Morgan fingerprint density at radius 1 is 1.15 bits per heavy atom. The number of likely N-dealkylation sites (N-methyl/N-ethyl adjacent to an activating group) is 1. The highest BCUT2D eigenvalue weighted by molar-refractivity contribution is 5.85. The van der Waals surface area contributed by atoms with Crippen molar-refractivity contribution in [2.45, 2.75) is 53.0 Å². The molecule has 0 rings (SSSR count). The lowest BCUT2D eigenvalue weighted by Crippen LogP contribution is -2.41. The number of nitrogens with zero attached hydrogens (tertiary/aromatic N) is 1. The molecule has 2 atom stereocenters. The Morgan fingerprint density at radius 2 is 1.75 bits per heavy atom. The van der Waals surface area contributed by atoms with Gasteiger partial charge in [0.15, 0.2) is 0 Å². The van der Waals surface area contributed by atoms with Crippen molar-refractivity contribution in [1.29, 1.82) is 0 Å². The van der Waals surface area contributed by atoms with E-state index in [9.17, 15) is 9.59 Å². The van der Waals surface area contributed by atoms with Crippen LogP contribution in [0.1, 0.15) is 47.0 Å². The van der Waals surface area contributed by atoms with Crippen LogP contribution in [0.2, 0.25) is 0 Å². The first-order chi connectivity index (χ1) is 9.23. The Kier molecular flexibility index (Phi) is 9.21. The number of carbonyl (C=O) groups excluding carboxylic acids is 2. The van der Waals surface area contributed by atoms with Crippen molar-refractivity contribution in [3.8, 4) is 0 Å². The number of hydrogen-bond acceptors (Lipinski definition) is 3. The lowest BCUT2D eigenvalue weighted by molar-refractivity contribution is -0.137. The van der Waals surface area contributed by atoms with Gasteiger partial charge in [0, 0.05) is 25.6 Å². The molecule has 3 N–H and O–H groups in total. The number of nitrogens with two attached hydrogens (primary N) is 1. The maximum absolute atomic E-state index is 12.1. The third-order valence-corrected chi connectivity index (χ3v) is 3.18. The molecule has 0 saturated heterocycles. The quantitative estimate of drug-likeness (QED) is 0.672. The van der Waals surface area contributed by atoms with Gasteiger partial charge in [-0.1, -0.05) is 27.2 Å². The molecular weight excluding hydrogens is 254 g/mol. The summed E-state index contributed by atoms with van der Waals surface area (Å²) in [5.41, 5.74) is 5.69. The van der Waals surface area contributed by atoms with E-state index in [2.05, 4.69) is 5.32 Å². The topological polar surface area (TPSA) is 75.4 Å². The van der Waals surface area contributed by atoms with Gasteiger partial charge in [-0.2, -0.15) is 0 Å². The van der Waals surface area contributed by atoms with Crippen molar-refractivity contribution in [3.63, 3.8) is 0 Å². The Balaban J connectivity index is 4.03. The molecule has 0 aromatic rings. The van der Waals surface area contributed by atoms with Gasteiger partial charge in [-0.3, -0.25) is 9.59 Å². The predicted molar refractivity (Wildman–Crippen MR) is 82.1 cm³/mol. The van der Waals surface area contributed by atoms with Gasteiger partial charge in [0.25, 0.3) is 0 Å². The molecule has 0 aromatic carbocycles. The second kappa shape index (κ2) is 9.75. The Hall–Kier alpha value is -1.10. The molecule has 0 radical (unpaired) electrons. The van der Waals surface area contributed by atoms with Gasteiger partial charge < -0.3 is 16.0 Å². The predicted octanol–water partition coefficient (Wildman–Crippen LogP) is 1.37. The lowest BCUT2D eigenvalue weighted by Gasteiger charge is -2.21. The minimum absolute atomic E-state index is 0.0226. The second-order valence-corrected chi connectivity index (χ2v) is 6.20. The summed E-state index contributed by atoms with van der Waals surface area (Å²) in [6, 6.07) is 0.178. The van der Waals surface area contributed by atoms with E-state index in [0.29, 0.717) is 12.5 Å². The standard InChI is InChI=1S/C15H31N3O2/c1-11(2)9-17-14(19)10-18(5)15(20)12(3)7-6-8-13(4)16/h11-13H,6-10,16H2,1-5H3,(H,17,19). The molecule has 0 spiro atoms. The van der Waals surface area contributed by atoms with E-state index >= 15 is 0 Å². The van der Waals surface area contributed by atoms with Gasteiger partial charge in [-0.15, -0.1) is 0 Å². The summed E-state index contributed by atoms with van der Waals surface area (Å²) < 4.78 is 0. The average Bonchev–Trinajstić information content (AvgIpc) is 2.34. The van der Waals surface area contributed by atoms with E-state index in [1.165, 1.54) is 4.90 Å². The molecule has 0 aliphatic carbocycles. The van der Waals surface area contributed by atoms with E-state index < -0.39 is 0 Å². The first-order valence-corrected chi connectivity index (χ1v) is 7.51. The molecule has 2 amide bonds. The van der Waals surface area contributed by atoms with Crippen LogP contribution in [0.15, 0.2) is 0 Å². The van der Waals surface area contributed by atoms with Crippen LogP contribution < -0.4 is 11.1 Å². The van der Waals surface area contributed by atoms with E-state index in [1.54, 1.807) is 7.05 Å². The molecule has 20 heavy (non-hydrogen) atoms. The van der Waals surface area contributed by atoms with Crippen LogP contribution in [0.3, 0.4) is 0 Å². The van der Waals surface area contributed by atoms with Gasteiger partial charge >= 0.3 is 0 Å². The first-order valence-electron chi connectivity index (χ1n) is 7.51. The average molecular weight is 285 g/mol. The summed E-state index contributed by atoms with van der Waals surface area (Å²) >= 11 is 0. The van der Waals surface area contributed by atoms with Crippen LogP contribution >= 0.6 is 0 Å². The monoisotopic (exact) mass is 285 g/mol. The molecule has 5 nitrogen and oxygen atoms in total. The third kappa shape index (κ3) is 8.91. The normalized spacial score (nSPS) is 13.9. The van der Waals surface area contributed by atoms with E-state index in [0.717, 1.165) is 19.3 Å². The minimum Gasteiger partial charge on any atom is -0.354 e. The Labute approximate surface area is 123 Å². The van der Waals surface area contributed by atoms with E-state index in [4.69, 9.17) is 5.73 Å². The fourth-order valence-corrected chi connectivity index (χ4v) is 1.91. The zero-order valence-electron chi connectivity index (χ0n) is 13.6. The fraction of sp³-hybridized carbons (Fsp3) is 0.867. The summed E-state index contributed by atoms with van der Waals surface area (Å²) in [6.45, 7) is 8.73. The van der Waals surface area contributed by atoms with Crippen LogP contribution in [0.4, 0.5) is 0 Å². The maximum Gasteiger partial charge on any atom is 0.239 e. The number of carbonyl (C=O) groups is 2. The highest BCUT2D eigenvalue weighted by atomic mass is 16.2. The van der Waals surface area contributed by atoms with Gasteiger partial charge in [0.1, 0.15) is 0 Å². The first kappa shape index (κ1) is 18.9. The number of nitrogens with one attached hydrogen (secondary N) is 1. The molecule has 0 aliphatic rings. The van der Waals surface area contributed by atoms with Crippen LogP contribution in [0.25, 0.3) is 0 Å². The number of amides is 2. The van der Waals surface area contributed by atoms with Gasteiger partial charge in [0.2, 0.25) is 11.8 Å². The van der Waals surface area contributed by atoms with Crippen molar-refractivity contribution in [2.75, 3.05) is 20.1 Å². The zero-order chi connectivity index (χ0) is 15.7. The van der Waals surface area contributed by atoms with Crippen LogP contribution in [0.5, 0.6) is 0 Å². The lowest BCUT2D eigenvalue weighted by atomic mass is 10.0. The number of rotatable bonds is 9. The molecule has 118 valence electrons. The summed E-state index contributed by atoms with van der Waals surface area (Å²) in [4.78, 5) is 25.3. The minimum atomic E-state index is -0.0997. The molecule has 0 saturated carbocycles. The van der Waals surface area contributed by atoms with Crippen LogP contribution in [0, 0.1) is 11.8 Å². The molecule has 0 aromatic heterocycles. The highest BCUT2D eigenvalue weighted by Gasteiger charge is 2.19. The molecule has 2 unspecified atom stereocenters. The van der Waals surface area contributed by atoms with Gasteiger partial charge in [0.05, 0.1) is 6.54 Å². The third-order valence-electron chi connectivity index (χ3n) is 3.18. The van der Waals surface area contributed by atoms with E-state index in [1.807, 2.05) is 27.7 Å². The van der Waals surface area contributed by atoms with E-state index in [-0.39, 0.29) is 30.3 Å². The molecule has 0 fully saturated rings. The molecule has 5 heteroatoms. The van der Waals surface area contributed by atoms with Crippen molar-refractivity contribution in [3.05, 3.63) is 0 Å². The molecular formula is C15H31N3O2. The number of hydrogen-bond donors (Lipinski definition) is 2. The SMILES string of the molecule is CC(C)CNC(=O)CN(C)C(=O)C(C)CCCC(C)N. The van der Waals surface area contributed by atoms with Crippen LogP contribution in [-0.4, -0.2) is 42.9 Å². The summed E-state index contributed by atoms with van der Waals surface area (Å²) in [5.74, 6) is 0.278. The zero-order valence-corrected chi connectivity index (χ0v) is 13.6. The Bertz CT molecular complexity index is 303. The smallest absolute Gasteiger partial charge is 0.239 e. The summed E-state index contributed by atoms with van der Waals surface area (Å²) in [6.07, 6.45) is 2.69. The maximum atomic E-state index is 12.1. The molecule has 0 heterocycles. The largest absolute Gasteiger partial charge is 0.354 e.